The summed E-state index contributed by atoms with van der Waals surface area (Å²) in [6.07, 6.45) is 1.59. The van der Waals surface area contributed by atoms with Crippen molar-refractivity contribution >= 4 is 39.9 Å². The SMILES string of the molecule is Cc1cc(I)ccc1Nc1c(C(=O)NOC2(O)CCC2)ccc(F)c1F. The van der Waals surface area contributed by atoms with Gasteiger partial charge in [-0.2, -0.15) is 0 Å². The number of halogens is 3. The second-order valence-electron chi connectivity index (χ2n) is 6.20. The first-order valence-corrected chi connectivity index (χ1v) is 9.09. The van der Waals surface area contributed by atoms with Crippen LogP contribution in [0, 0.1) is 22.1 Å². The third kappa shape index (κ3) is 3.97. The van der Waals surface area contributed by atoms with Gasteiger partial charge in [0.25, 0.3) is 5.91 Å². The van der Waals surface area contributed by atoms with E-state index in [0.29, 0.717) is 18.5 Å². The molecule has 0 aliphatic heterocycles. The summed E-state index contributed by atoms with van der Waals surface area (Å²) >= 11 is 2.14. The number of hydroxylamine groups is 1. The van der Waals surface area contributed by atoms with Crippen molar-refractivity contribution in [3.8, 4) is 0 Å². The van der Waals surface area contributed by atoms with Gasteiger partial charge in [0.2, 0.25) is 0 Å². The van der Waals surface area contributed by atoms with Crippen LogP contribution < -0.4 is 10.8 Å². The fourth-order valence-corrected chi connectivity index (χ4v) is 3.19. The molecule has 0 atom stereocenters. The summed E-state index contributed by atoms with van der Waals surface area (Å²) in [4.78, 5) is 17.4. The highest BCUT2D eigenvalue weighted by Gasteiger charge is 2.37. The summed E-state index contributed by atoms with van der Waals surface area (Å²) in [5.41, 5.74) is 3.04. The Labute approximate surface area is 162 Å². The molecule has 1 amide bonds. The first-order valence-electron chi connectivity index (χ1n) is 8.01. The van der Waals surface area contributed by atoms with Gasteiger partial charge >= 0.3 is 0 Å². The zero-order valence-corrected chi connectivity index (χ0v) is 16.1. The van der Waals surface area contributed by atoms with Gasteiger partial charge in [0, 0.05) is 22.1 Å². The summed E-state index contributed by atoms with van der Waals surface area (Å²) in [5.74, 6) is -4.42. The van der Waals surface area contributed by atoms with E-state index in [2.05, 4.69) is 33.4 Å². The molecule has 3 N–H and O–H groups in total. The number of hydrogen-bond acceptors (Lipinski definition) is 4. The molecule has 138 valence electrons. The van der Waals surface area contributed by atoms with Crippen LogP contribution in [0.3, 0.4) is 0 Å². The highest BCUT2D eigenvalue weighted by molar-refractivity contribution is 14.1. The van der Waals surface area contributed by atoms with E-state index in [-0.39, 0.29) is 11.3 Å². The van der Waals surface area contributed by atoms with Gasteiger partial charge in [-0.05, 0) is 71.8 Å². The van der Waals surface area contributed by atoms with Crippen molar-refractivity contribution in [2.75, 3.05) is 5.32 Å². The van der Waals surface area contributed by atoms with Gasteiger partial charge in [0.05, 0.1) is 11.3 Å². The molecule has 0 saturated heterocycles. The van der Waals surface area contributed by atoms with Crippen LogP contribution in [0.2, 0.25) is 0 Å². The van der Waals surface area contributed by atoms with Crippen LogP contribution in [0.25, 0.3) is 0 Å². The molecule has 0 radical (unpaired) electrons. The molecule has 0 bridgehead atoms. The van der Waals surface area contributed by atoms with Crippen molar-refractivity contribution in [1.82, 2.24) is 5.48 Å². The Kier molecular flexibility index (Phi) is 5.44. The third-order valence-electron chi connectivity index (χ3n) is 4.26. The zero-order valence-electron chi connectivity index (χ0n) is 13.9. The second-order valence-corrected chi connectivity index (χ2v) is 7.45. The molecule has 0 aromatic heterocycles. The van der Waals surface area contributed by atoms with E-state index in [1.165, 1.54) is 0 Å². The minimum atomic E-state index is -1.39. The Morgan fingerprint density at radius 3 is 2.62 bits per heavy atom. The Morgan fingerprint density at radius 2 is 2.00 bits per heavy atom. The van der Waals surface area contributed by atoms with Crippen LogP contribution in [0.1, 0.15) is 35.2 Å². The lowest BCUT2D eigenvalue weighted by atomic mass is 9.92. The Bertz CT molecular complexity index is 857. The van der Waals surface area contributed by atoms with Gasteiger partial charge < -0.3 is 10.4 Å². The predicted octanol–water partition coefficient (Wildman–Crippen LogP) is 4.16. The third-order valence-corrected chi connectivity index (χ3v) is 4.93. The minimum Gasteiger partial charge on any atom is -0.364 e. The van der Waals surface area contributed by atoms with Crippen LogP contribution in [0.4, 0.5) is 20.2 Å². The number of amides is 1. The molecule has 1 saturated carbocycles. The smallest absolute Gasteiger partial charge is 0.277 e. The number of anilines is 2. The number of hydrogen-bond donors (Lipinski definition) is 3. The van der Waals surface area contributed by atoms with Crippen molar-refractivity contribution < 1.29 is 23.5 Å². The Morgan fingerprint density at radius 1 is 1.27 bits per heavy atom. The van der Waals surface area contributed by atoms with E-state index in [1.54, 1.807) is 6.07 Å². The van der Waals surface area contributed by atoms with Crippen molar-refractivity contribution in [2.45, 2.75) is 32.0 Å². The molecule has 0 heterocycles. The van der Waals surface area contributed by atoms with Gasteiger partial charge in [-0.3, -0.25) is 4.79 Å². The van der Waals surface area contributed by atoms with E-state index in [1.807, 2.05) is 19.1 Å². The number of rotatable bonds is 5. The molecule has 3 rings (SSSR count). The zero-order chi connectivity index (χ0) is 18.9. The normalized spacial score (nSPS) is 15.3. The minimum absolute atomic E-state index is 0.134. The largest absolute Gasteiger partial charge is 0.364 e. The van der Waals surface area contributed by atoms with E-state index >= 15 is 0 Å². The number of benzene rings is 2. The quantitative estimate of drug-likeness (QED) is 0.346. The second kappa shape index (κ2) is 7.45. The van der Waals surface area contributed by atoms with Gasteiger partial charge in [-0.15, -0.1) is 0 Å². The molecule has 8 heteroatoms. The van der Waals surface area contributed by atoms with Crippen molar-refractivity contribution in [2.24, 2.45) is 0 Å². The molecule has 2 aromatic carbocycles. The predicted molar refractivity (Wildman–Crippen MR) is 101 cm³/mol. The van der Waals surface area contributed by atoms with Gasteiger partial charge in [-0.25, -0.2) is 19.1 Å². The topological polar surface area (TPSA) is 70.6 Å². The first kappa shape index (κ1) is 19.0. The van der Waals surface area contributed by atoms with Gasteiger partial charge in [0.15, 0.2) is 17.4 Å². The Balaban J connectivity index is 1.88. The maximum absolute atomic E-state index is 14.4. The molecule has 1 aliphatic carbocycles. The van der Waals surface area contributed by atoms with E-state index in [0.717, 1.165) is 27.7 Å². The van der Waals surface area contributed by atoms with Crippen LogP contribution >= 0.6 is 22.6 Å². The van der Waals surface area contributed by atoms with Crippen molar-refractivity contribution in [3.05, 3.63) is 56.7 Å². The average Bonchev–Trinajstić information content (AvgIpc) is 2.57. The maximum Gasteiger partial charge on any atom is 0.277 e. The molecule has 5 nitrogen and oxygen atoms in total. The number of nitrogens with one attached hydrogen (secondary N) is 2. The number of carbonyl (C=O) groups excluding carboxylic acids is 1. The van der Waals surface area contributed by atoms with E-state index in [9.17, 15) is 18.7 Å². The fourth-order valence-electron chi connectivity index (χ4n) is 2.54. The Hall–Kier alpha value is -1.78. The first-order chi connectivity index (χ1) is 12.3. The standard InChI is InChI=1S/C18H17F2IN2O3/c1-10-9-11(21)3-6-14(10)22-16-12(4-5-13(19)15(16)20)17(24)23-26-18(25)7-2-8-18/h3-6,9,22,25H,2,7-8H2,1H3,(H,23,24). The number of carbonyl (C=O) groups is 1. The van der Waals surface area contributed by atoms with Gasteiger partial charge in [0.1, 0.15) is 0 Å². The molecule has 1 aliphatic rings. The summed E-state index contributed by atoms with van der Waals surface area (Å²) in [6, 6.07) is 7.43. The molecule has 0 unspecified atom stereocenters. The van der Waals surface area contributed by atoms with Gasteiger partial charge in [-0.1, -0.05) is 0 Å². The molecular formula is C18H17F2IN2O3. The molecule has 26 heavy (non-hydrogen) atoms. The van der Waals surface area contributed by atoms with Crippen molar-refractivity contribution in [1.29, 1.82) is 0 Å². The average molecular weight is 474 g/mol. The van der Waals surface area contributed by atoms with Crippen LogP contribution in [0.5, 0.6) is 0 Å². The van der Waals surface area contributed by atoms with Crippen LogP contribution in [-0.2, 0) is 4.84 Å². The number of aryl methyl sites for hydroxylation is 1. The lowest BCUT2D eigenvalue weighted by Gasteiger charge is -2.35. The molecular weight excluding hydrogens is 457 g/mol. The van der Waals surface area contributed by atoms with Crippen LogP contribution in [0.15, 0.2) is 30.3 Å². The maximum atomic E-state index is 14.4. The summed E-state index contributed by atoms with van der Waals surface area (Å²) in [5, 5.41) is 12.7. The van der Waals surface area contributed by atoms with Crippen LogP contribution in [-0.4, -0.2) is 16.8 Å². The highest BCUT2D eigenvalue weighted by atomic mass is 127. The molecule has 1 fully saturated rings. The monoisotopic (exact) mass is 474 g/mol. The highest BCUT2D eigenvalue weighted by Crippen LogP contribution is 2.32. The molecule has 0 spiro atoms. The van der Waals surface area contributed by atoms with Crippen molar-refractivity contribution in [3.63, 3.8) is 0 Å². The van der Waals surface area contributed by atoms with E-state index < -0.39 is 23.3 Å². The summed E-state index contributed by atoms with van der Waals surface area (Å²) < 4.78 is 29.1. The summed E-state index contributed by atoms with van der Waals surface area (Å²) in [6.45, 7) is 1.82. The molecule has 2 aromatic rings. The lowest BCUT2D eigenvalue weighted by molar-refractivity contribution is -0.269. The lowest BCUT2D eigenvalue weighted by Crippen LogP contribution is -2.45. The van der Waals surface area contributed by atoms with E-state index in [4.69, 9.17) is 4.84 Å². The summed E-state index contributed by atoms with van der Waals surface area (Å²) in [7, 11) is 0. The number of aliphatic hydroxyl groups is 1. The fraction of sp³-hybridized carbons (Fsp3) is 0.278.